The molecule has 3 nitrogen and oxygen atoms in total. The van der Waals surface area contributed by atoms with Crippen LogP contribution in [0.1, 0.15) is 39.0 Å². The van der Waals surface area contributed by atoms with E-state index in [1.54, 1.807) is 0 Å². The predicted molar refractivity (Wildman–Crippen MR) is 83.3 cm³/mol. The second kappa shape index (κ2) is 15.4. The predicted octanol–water partition coefficient (Wildman–Crippen LogP) is 3.78. The van der Waals surface area contributed by atoms with Crippen molar-refractivity contribution >= 4 is 47.8 Å². The molecule has 0 aliphatic rings. The van der Waals surface area contributed by atoms with Crippen LogP contribution in [-0.4, -0.2) is 38.8 Å². The van der Waals surface area contributed by atoms with Crippen molar-refractivity contribution in [1.82, 2.24) is 0 Å². The van der Waals surface area contributed by atoms with Crippen LogP contribution in [0.5, 0.6) is 0 Å². The van der Waals surface area contributed by atoms with E-state index in [2.05, 4.69) is 54.7 Å². The summed E-state index contributed by atoms with van der Waals surface area (Å²) in [4.78, 5) is 0. The van der Waals surface area contributed by atoms with Crippen LogP contribution in [0.3, 0.4) is 0 Å². The maximum absolute atomic E-state index is 8.42. The van der Waals surface area contributed by atoms with E-state index < -0.39 is 0 Å². The van der Waals surface area contributed by atoms with Gasteiger partial charge in [-0.25, -0.2) is 0 Å². The zero-order chi connectivity index (χ0) is 13.6. The minimum Gasteiger partial charge on any atom is -0.396 e. The average Bonchev–Trinajstić information content (AvgIpc) is 2.24. The van der Waals surface area contributed by atoms with E-state index in [9.17, 15) is 0 Å². The molecule has 0 aromatic rings. The normalized spacial score (nSPS) is 10.9. The molecule has 0 rings (SSSR count). The monoisotopic (exact) mass is 440 g/mol. The maximum Gasteiger partial charge on any atom is 0.135 e. The van der Waals surface area contributed by atoms with Crippen molar-refractivity contribution in [3.63, 3.8) is 0 Å². The van der Waals surface area contributed by atoms with Crippen molar-refractivity contribution in [2.45, 2.75) is 41.2 Å². The van der Waals surface area contributed by atoms with Crippen LogP contribution in [0.15, 0.2) is 0 Å². The SMILES string of the molecule is CCCCOCCO.OCCCCC(Br)(Br)Br. The largest absolute Gasteiger partial charge is 0.396 e. The average molecular weight is 443 g/mol. The van der Waals surface area contributed by atoms with Crippen molar-refractivity contribution in [2.24, 2.45) is 0 Å². The Kier molecular flexibility index (Phi) is 18.7. The van der Waals surface area contributed by atoms with Crippen LogP contribution in [0.25, 0.3) is 0 Å². The van der Waals surface area contributed by atoms with Crippen molar-refractivity contribution in [1.29, 1.82) is 0 Å². The van der Waals surface area contributed by atoms with Gasteiger partial charge in [0.1, 0.15) is 2.14 Å². The smallest absolute Gasteiger partial charge is 0.135 e. The molecule has 0 heterocycles. The van der Waals surface area contributed by atoms with Crippen LogP contribution in [0, 0.1) is 0 Å². The summed E-state index contributed by atoms with van der Waals surface area (Å²) >= 11 is 10.1. The summed E-state index contributed by atoms with van der Waals surface area (Å²) in [5, 5.41) is 16.7. The molecule has 0 saturated carbocycles. The Morgan fingerprint density at radius 3 is 2.00 bits per heavy atom. The quantitative estimate of drug-likeness (QED) is 0.444. The first kappa shape index (κ1) is 20.6. The van der Waals surface area contributed by atoms with Gasteiger partial charge in [-0.15, -0.1) is 0 Å². The molecule has 0 bridgehead atoms. The first-order chi connectivity index (χ1) is 7.97. The van der Waals surface area contributed by atoms with E-state index in [-0.39, 0.29) is 15.4 Å². The molecule has 6 heteroatoms. The Labute approximate surface area is 130 Å². The van der Waals surface area contributed by atoms with Crippen LogP contribution in [-0.2, 0) is 4.74 Å². The molecule has 17 heavy (non-hydrogen) atoms. The summed E-state index contributed by atoms with van der Waals surface area (Å²) in [5.74, 6) is 0. The molecule has 0 aromatic carbocycles. The lowest BCUT2D eigenvalue weighted by atomic mass is 10.3. The molecule has 0 spiro atoms. The van der Waals surface area contributed by atoms with E-state index in [0.29, 0.717) is 6.61 Å². The minimum absolute atomic E-state index is 0.123. The van der Waals surface area contributed by atoms with Gasteiger partial charge in [0.25, 0.3) is 0 Å². The fourth-order valence-corrected chi connectivity index (χ4v) is 1.69. The lowest BCUT2D eigenvalue weighted by Gasteiger charge is -2.09. The molecule has 0 atom stereocenters. The molecular formula is C11H23Br3O3. The number of ether oxygens (including phenoxy) is 1. The molecule has 0 amide bonds. The first-order valence-electron chi connectivity index (χ1n) is 5.84. The van der Waals surface area contributed by atoms with Crippen LogP contribution >= 0.6 is 47.8 Å². The number of unbranched alkanes of at least 4 members (excludes halogenated alkanes) is 2. The number of hydrogen-bond acceptors (Lipinski definition) is 3. The lowest BCUT2D eigenvalue weighted by Crippen LogP contribution is -1.99. The molecule has 2 N–H and O–H groups in total. The summed E-state index contributed by atoms with van der Waals surface area (Å²) in [6.45, 7) is 3.81. The van der Waals surface area contributed by atoms with Gasteiger partial charge in [0.15, 0.2) is 0 Å². The third-order valence-corrected chi connectivity index (χ3v) is 2.94. The zero-order valence-corrected chi connectivity index (χ0v) is 15.1. The molecule has 0 fully saturated rings. The fourth-order valence-electron chi connectivity index (χ4n) is 0.850. The zero-order valence-electron chi connectivity index (χ0n) is 10.3. The number of aliphatic hydroxyl groups excluding tert-OH is 2. The summed E-state index contributed by atoms with van der Waals surface area (Å²) in [5.41, 5.74) is 0. The molecule has 0 radical (unpaired) electrons. The number of aliphatic hydroxyl groups is 2. The van der Waals surface area contributed by atoms with Gasteiger partial charge < -0.3 is 14.9 Å². The summed E-state index contributed by atoms with van der Waals surface area (Å²) in [6.07, 6.45) is 5.10. The molecule has 0 aliphatic carbocycles. The first-order valence-corrected chi connectivity index (χ1v) is 8.22. The van der Waals surface area contributed by atoms with Gasteiger partial charge >= 0.3 is 0 Å². The Hall–Kier alpha value is 1.32. The van der Waals surface area contributed by atoms with E-state index in [1.165, 1.54) is 0 Å². The summed E-state index contributed by atoms with van der Waals surface area (Å²) in [7, 11) is 0. The van der Waals surface area contributed by atoms with Gasteiger partial charge in [-0.1, -0.05) is 61.1 Å². The van der Waals surface area contributed by atoms with Gasteiger partial charge in [0.05, 0.1) is 13.2 Å². The minimum atomic E-state index is -0.123. The standard InChI is InChI=1S/C6H14O2.C5H9Br3O/c1-2-3-5-8-6-4-7;6-5(7,8)3-1-2-4-9/h7H,2-6H2,1H3;9H,1-4H2. The third kappa shape index (κ3) is 26.8. The Bertz CT molecular complexity index is 134. The summed E-state index contributed by atoms with van der Waals surface area (Å²) in [6, 6.07) is 0. The van der Waals surface area contributed by atoms with E-state index in [0.717, 1.165) is 38.7 Å². The van der Waals surface area contributed by atoms with E-state index in [1.807, 2.05) is 0 Å². The van der Waals surface area contributed by atoms with Crippen molar-refractivity contribution < 1.29 is 14.9 Å². The molecule has 0 saturated heterocycles. The highest BCUT2D eigenvalue weighted by Gasteiger charge is 2.15. The van der Waals surface area contributed by atoms with Gasteiger partial charge in [0, 0.05) is 13.2 Å². The van der Waals surface area contributed by atoms with Crippen LogP contribution < -0.4 is 0 Å². The molecule has 0 aliphatic heterocycles. The highest BCUT2D eigenvalue weighted by molar-refractivity contribution is 9.39. The van der Waals surface area contributed by atoms with Gasteiger partial charge in [-0.3, -0.25) is 0 Å². The van der Waals surface area contributed by atoms with Crippen molar-refractivity contribution in [3.8, 4) is 0 Å². The fraction of sp³-hybridized carbons (Fsp3) is 1.00. The second-order valence-electron chi connectivity index (χ2n) is 3.49. The highest BCUT2D eigenvalue weighted by Crippen LogP contribution is 2.38. The van der Waals surface area contributed by atoms with Gasteiger partial charge in [-0.2, -0.15) is 0 Å². The molecular weight excluding hydrogens is 420 g/mol. The number of alkyl halides is 3. The van der Waals surface area contributed by atoms with Gasteiger partial charge in [0.2, 0.25) is 0 Å². The number of halogens is 3. The summed E-state index contributed by atoms with van der Waals surface area (Å²) < 4.78 is 4.85. The number of rotatable bonds is 8. The van der Waals surface area contributed by atoms with Crippen molar-refractivity contribution in [2.75, 3.05) is 26.4 Å². The molecule has 106 valence electrons. The molecule has 0 unspecified atom stereocenters. The topological polar surface area (TPSA) is 49.7 Å². The second-order valence-corrected chi connectivity index (χ2v) is 10.7. The van der Waals surface area contributed by atoms with Crippen LogP contribution in [0.2, 0.25) is 0 Å². The lowest BCUT2D eigenvalue weighted by molar-refractivity contribution is 0.0904. The van der Waals surface area contributed by atoms with Crippen LogP contribution in [0.4, 0.5) is 0 Å². The Morgan fingerprint density at radius 1 is 0.941 bits per heavy atom. The van der Waals surface area contributed by atoms with Crippen molar-refractivity contribution in [3.05, 3.63) is 0 Å². The highest BCUT2D eigenvalue weighted by atomic mass is 80.0. The van der Waals surface area contributed by atoms with Gasteiger partial charge in [-0.05, 0) is 25.7 Å². The van der Waals surface area contributed by atoms with E-state index in [4.69, 9.17) is 14.9 Å². The van der Waals surface area contributed by atoms with E-state index >= 15 is 0 Å². The Balaban J connectivity index is 0. The Morgan fingerprint density at radius 2 is 1.59 bits per heavy atom. The maximum atomic E-state index is 8.42. The third-order valence-electron chi connectivity index (χ3n) is 1.75. The molecule has 0 aromatic heterocycles. The number of hydrogen-bond donors (Lipinski definition) is 2.